The molecule has 0 spiro atoms. The summed E-state index contributed by atoms with van der Waals surface area (Å²) < 4.78 is 39.1. The maximum atomic E-state index is 12.9. The normalized spacial score (nSPS) is 10.9. The van der Waals surface area contributed by atoms with Crippen LogP contribution in [-0.2, 0) is 0 Å². The molecule has 0 radical (unpaired) electrons. The van der Waals surface area contributed by atoms with E-state index in [-0.39, 0.29) is 11.4 Å². The SMILES string of the molecule is Fc1ccc(-c2ccc(Br)cc2C(F)F)cc1. The highest BCUT2D eigenvalue weighted by Crippen LogP contribution is 2.33. The Morgan fingerprint density at radius 3 is 2.18 bits per heavy atom. The molecule has 0 unspecified atom stereocenters. The Hall–Kier alpha value is -1.29. The maximum absolute atomic E-state index is 12.9. The first kappa shape index (κ1) is 12.2. The summed E-state index contributed by atoms with van der Waals surface area (Å²) in [6.07, 6.45) is -2.56. The first-order chi connectivity index (χ1) is 8.08. The van der Waals surface area contributed by atoms with Gasteiger partial charge in [-0.25, -0.2) is 13.2 Å². The average Bonchev–Trinajstić information content (AvgIpc) is 2.30. The molecule has 0 bridgehead atoms. The first-order valence-electron chi connectivity index (χ1n) is 4.91. The number of halogens is 4. The second-order valence-electron chi connectivity index (χ2n) is 3.54. The molecule has 2 aromatic carbocycles. The van der Waals surface area contributed by atoms with Crippen LogP contribution in [0.2, 0.25) is 0 Å². The highest BCUT2D eigenvalue weighted by atomic mass is 79.9. The minimum atomic E-state index is -2.56. The summed E-state index contributed by atoms with van der Waals surface area (Å²) in [6.45, 7) is 0. The number of rotatable bonds is 2. The van der Waals surface area contributed by atoms with Gasteiger partial charge >= 0.3 is 0 Å². The molecule has 0 aliphatic carbocycles. The minimum absolute atomic E-state index is 0.0639. The lowest BCUT2D eigenvalue weighted by molar-refractivity contribution is 0.152. The van der Waals surface area contributed by atoms with Crippen molar-refractivity contribution in [2.45, 2.75) is 6.43 Å². The third-order valence-electron chi connectivity index (χ3n) is 2.40. The van der Waals surface area contributed by atoms with Gasteiger partial charge in [0, 0.05) is 10.0 Å². The molecule has 4 heteroatoms. The van der Waals surface area contributed by atoms with Crippen LogP contribution in [0.25, 0.3) is 11.1 Å². The first-order valence-corrected chi connectivity index (χ1v) is 5.71. The molecule has 0 saturated carbocycles. The van der Waals surface area contributed by atoms with Crippen molar-refractivity contribution in [3.63, 3.8) is 0 Å². The predicted octanol–water partition coefficient (Wildman–Crippen LogP) is 5.19. The van der Waals surface area contributed by atoms with Crippen molar-refractivity contribution in [2.24, 2.45) is 0 Å². The van der Waals surface area contributed by atoms with E-state index in [1.54, 1.807) is 12.1 Å². The van der Waals surface area contributed by atoms with Crippen LogP contribution in [0.15, 0.2) is 46.9 Å². The number of alkyl halides is 2. The van der Waals surface area contributed by atoms with Crippen LogP contribution in [0.3, 0.4) is 0 Å². The molecule has 2 aromatic rings. The maximum Gasteiger partial charge on any atom is 0.264 e. The monoisotopic (exact) mass is 300 g/mol. The van der Waals surface area contributed by atoms with E-state index >= 15 is 0 Å². The van der Waals surface area contributed by atoms with Crippen molar-refractivity contribution >= 4 is 15.9 Å². The summed E-state index contributed by atoms with van der Waals surface area (Å²) in [4.78, 5) is 0. The van der Waals surface area contributed by atoms with Crippen LogP contribution in [0, 0.1) is 5.82 Å². The molecule has 0 atom stereocenters. The van der Waals surface area contributed by atoms with Gasteiger partial charge in [-0.3, -0.25) is 0 Å². The number of benzene rings is 2. The fraction of sp³-hybridized carbons (Fsp3) is 0.0769. The van der Waals surface area contributed by atoms with Gasteiger partial charge in [0.1, 0.15) is 5.82 Å². The second-order valence-corrected chi connectivity index (χ2v) is 4.45. The largest absolute Gasteiger partial charge is 0.264 e. The van der Waals surface area contributed by atoms with Crippen LogP contribution >= 0.6 is 15.9 Å². The standard InChI is InChI=1S/C13H8BrF3/c14-9-3-6-11(12(7-9)13(16)17)8-1-4-10(15)5-2-8/h1-7,13H. The van der Waals surface area contributed by atoms with Crippen LogP contribution < -0.4 is 0 Å². The minimum Gasteiger partial charge on any atom is -0.207 e. The van der Waals surface area contributed by atoms with Crippen molar-refractivity contribution in [1.29, 1.82) is 0 Å². The predicted molar refractivity (Wildman–Crippen MR) is 64.5 cm³/mol. The van der Waals surface area contributed by atoms with Crippen molar-refractivity contribution in [2.75, 3.05) is 0 Å². The lowest BCUT2D eigenvalue weighted by Gasteiger charge is -2.09. The van der Waals surface area contributed by atoms with Gasteiger partial charge in [0.05, 0.1) is 0 Å². The molecule has 0 nitrogen and oxygen atoms in total. The van der Waals surface area contributed by atoms with Crippen LogP contribution in [0.4, 0.5) is 13.2 Å². The van der Waals surface area contributed by atoms with Gasteiger partial charge in [0.15, 0.2) is 0 Å². The van der Waals surface area contributed by atoms with E-state index in [0.29, 0.717) is 15.6 Å². The molecule has 0 aliphatic rings. The van der Waals surface area contributed by atoms with Crippen LogP contribution in [0.1, 0.15) is 12.0 Å². The zero-order valence-corrected chi connectivity index (χ0v) is 10.2. The van der Waals surface area contributed by atoms with Gasteiger partial charge in [-0.15, -0.1) is 0 Å². The van der Waals surface area contributed by atoms with E-state index in [4.69, 9.17) is 0 Å². The molecular formula is C13H8BrF3. The molecule has 0 aromatic heterocycles. The summed E-state index contributed by atoms with van der Waals surface area (Å²) >= 11 is 3.16. The lowest BCUT2D eigenvalue weighted by atomic mass is 10.00. The summed E-state index contributed by atoms with van der Waals surface area (Å²) in [5, 5.41) is 0. The van der Waals surface area contributed by atoms with E-state index in [9.17, 15) is 13.2 Å². The highest BCUT2D eigenvalue weighted by molar-refractivity contribution is 9.10. The lowest BCUT2D eigenvalue weighted by Crippen LogP contribution is -1.90. The molecule has 0 N–H and O–H groups in total. The van der Waals surface area contributed by atoms with Gasteiger partial charge in [0.2, 0.25) is 0 Å². The van der Waals surface area contributed by atoms with Gasteiger partial charge in [0.25, 0.3) is 6.43 Å². The summed E-state index contributed by atoms with van der Waals surface area (Å²) in [6, 6.07) is 10.2. The Bertz CT molecular complexity index is 521. The van der Waals surface area contributed by atoms with E-state index in [2.05, 4.69) is 15.9 Å². The van der Waals surface area contributed by atoms with Crippen molar-refractivity contribution in [1.82, 2.24) is 0 Å². The Balaban J connectivity index is 2.54. The molecular weight excluding hydrogens is 293 g/mol. The second kappa shape index (κ2) is 4.92. The molecule has 0 fully saturated rings. The summed E-state index contributed by atoms with van der Waals surface area (Å²) in [7, 11) is 0. The smallest absolute Gasteiger partial charge is 0.207 e. The molecule has 0 amide bonds. The van der Waals surface area contributed by atoms with Gasteiger partial charge < -0.3 is 0 Å². The molecule has 88 valence electrons. The quantitative estimate of drug-likeness (QED) is 0.716. The van der Waals surface area contributed by atoms with E-state index < -0.39 is 6.43 Å². The highest BCUT2D eigenvalue weighted by Gasteiger charge is 2.14. The van der Waals surface area contributed by atoms with Crippen molar-refractivity contribution in [3.05, 3.63) is 58.3 Å². The van der Waals surface area contributed by atoms with E-state index in [1.807, 2.05) is 0 Å². The Kier molecular flexibility index (Phi) is 3.52. The van der Waals surface area contributed by atoms with Crippen LogP contribution in [0.5, 0.6) is 0 Å². The number of hydrogen-bond acceptors (Lipinski definition) is 0. The average molecular weight is 301 g/mol. The Labute approximate surface area is 105 Å². The zero-order valence-electron chi connectivity index (χ0n) is 8.63. The third kappa shape index (κ3) is 2.69. The molecule has 0 aliphatic heterocycles. The van der Waals surface area contributed by atoms with Gasteiger partial charge in [-0.05, 0) is 35.4 Å². The van der Waals surface area contributed by atoms with Crippen LogP contribution in [-0.4, -0.2) is 0 Å². The molecule has 0 heterocycles. The fourth-order valence-corrected chi connectivity index (χ4v) is 1.99. The van der Waals surface area contributed by atoms with Crippen molar-refractivity contribution < 1.29 is 13.2 Å². The summed E-state index contributed by atoms with van der Waals surface area (Å²) in [5.74, 6) is -0.385. The molecule has 2 rings (SSSR count). The topological polar surface area (TPSA) is 0 Å². The molecule has 17 heavy (non-hydrogen) atoms. The fourth-order valence-electron chi connectivity index (χ4n) is 1.61. The summed E-state index contributed by atoms with van der Waals surface area (Å²) in [5.41, 5.74) is 0.934. The third-order valence-corrected chi connectivity index (χ3v) is 2.90. The van der Waals surface area contributed by atoms with E-state index in [0.717, 1.165) is 0 Å². The van der Waals surface area contributed by atoms with Gasteiger partial charge in [-0.1, -0.05) is 34.1 Å². The van der Waals surface area contributed by atoms with Gasteiger partial charge in [-0.2, -0.15) is 0 Å². The van der Waals surface area contributed by atoms with Crippen molar-refractivity contribution in [3.8, 4) is 11.1 Å². The van der Waals surface area contributed by atoms with E-state index in [1.165, 1.54) is 30.3 Å². The Morgan fingerprint density at radius 2 is 1.59 bits per heavy atom. The Morgan fingerprint density at radius 1 is 0.941 bits per heavy atom. The zero-order chi connectivity index (χ0) is 12.4. The molecule has 0 saturated heterocycles. The number of hydrogen-bond donors (Lipinski definition) is 0.